The van der Waals surface area contributed by atoms with E-state index in [-0.39, 0.29) is 12.3 Å². The van der Waals surface area contributed by atoms with Gasteiger partial charge in [-0.05, 0) is 23.6 Å². The fourth-order valence-corrected chi connectivity index (χ4v) is 3.61. The van der Waals surface area contributed by atoms with Crippen LogP contribution in [0.3, 0.4) is 0 Å². The molecule has 0 aliphatic carbocycles. The number of rotatable bonds is 3. The third kappa shape index (κ3) is 2.48. The van der Waals surface area contributed by atoms with Crippen molar-refractivity contribution < 1.29 is 4.74 Å². The first-order valence-corrected chi connectivity index (χ1v) is 8.88. The maximum Gasteiger partial charge on any atom is 0.190 e. The van der Waals surface area contributed by atoms with Gasteiger partial charge in [-0.2, -0.15) is 5.10 Å². The van der Waals surface area contributed by atoms with Crippen molar-refractivity contribution in [3.63, 3.8) is 0 Å². The minimum Gasteiger partial charge on any atom is -0.468 e. The first-order valence-electron chi connectivity index (χ1n) is 8.88. The van der Waals surface area contributed by atoms with Crippen LogP contribution in [0.5, 0.6) is 5.75 Å². The molecule has 0 aromatic heterocycles. The van der Waals surface area contributed by atoms with Crippen molar-refractivity contribution in [3.8, 4) is 5.75 Å². The summed E-state index contributed by atoms with van der Waals surface area (Å²) in [5.41, 5.74) is 5.00. The van der Waals surface area contributed by atoms with Gasteiger partial charge in [-0.15, -0.1) is 0 Å². The van der Waals surface area contributed by atoms with Gasteiger partial charge in [0.1, 0.15) is 5.75 Å². The summed E-state index contributed by atoms with van der Waals surface area (Å²) >= 11 is 0. The number of hydrazone groups is 1. The van der Waals surface area contributed by atoms with Gasteiger partial charge < -0.3 is 4.74 Å². The Bertz CT molecular complexity index is 764. The maximum atomic E-state index is 6.25. The summed E-state index contributed by atoms with van der Waals surface area (Å²) in [6.45, 7) is 6.57. The van der Waals surface area contributed by atoms with Crippen molar-refractivity contribution in [3.05, 3.63) is 65.2 Å². The molecule has 24 heavy (non-hydrogen) atoms. The van der Waals surface area contributed by atoms with E-state index in [2.05, 4.69) is 68.2 Å². The van der Waals surface area contributed by atoms with Gasteiger partial charge in [0.2, 0.25) is 0 Å². The Hall–Kier alpha value is -2.29. The fourth-order valence-electron chi connectivity index (χ4n) is 3.61. The molecule has 2 aliphatic heterocycles. The average Bonchev–Trinajstić information content (AvgIpc) is 3.06. The van der Waals surface area contributed by atoms with E-state index in [9.17, 15) is 0 Å². The second kappa shape index (κ2) is 5.97. The predicted octanol–water partition coefficient (Wildman–Crippen LogP) is 4.77. The molecule has 0 spiro atoms. The standard InChI is InChI=1S/C21H24N2O/c1-4-15-9-11-16(12-10-15)18-13-19-17-7-5-6-8-20(17)24-21(14(2)3)23(19)22-18/h5-12,14,19,21H,4,13H2,1-3H3/t19-,21+/m0/s1. The summed E-state index contributed by atoms with van der Waals surface area (Å²) < 4.78 is 6.25. The Kier molecular flexibility index (Phi) is 3.79. The third-order valence-corrected chi connectivity index (χ3v) is 4.99. The minimum atomic E-state index is -0.00249. The van der Waals surface area contributed by atoms with Gasteiger partial charge in [0.15, 0.2) is 6.23 Å². The van der Waals surface area contributed by atoms with E-state index < -0.39 is 0 Å². The van der Waals surface area contributed by atoms with Gasteiger partial charge >= 0.3 is 0 Å². The van der Waals surface area contributed by atoms with E-state index in [4.69, 9.17) is 9.84 Å². The molecule has 0 saturated heterocycles. The zero-order valence-electron chi connectivity index (χ0n) is 14.6. The lowest BCUT2D eigenvalue weighted by molar-refractivity contribution is -0.0461. The van der Waals surface area contributed by atoms with Crippen molar-refractivity contribution in [2.45, 2.75) is 45.9 Å². The van der Waals surface area contributed by atoms with Crippen LogP contribution in [0.15, 0.2) is 53.6 Å². The van der Waals surface area contributed by atoms with Crippen LogP contribution in [-0.2, 0) is 6.42 Å². The van der Waals surface area contributed by atoms with Crippen LogP contribution in [0.25, 0.3) is 0 Å². The van der Waals surface area contributed by atoms with E-state index in [0.29, 0.717) is 5.92 Å². The number of nitrogens with zero attached hydrogens (tertiary/aromatic N) is 2. The van der Waals surface area contributed by atoms with Gasteiger partial charge in [0.05, 0.1) is 11.8 Å². The number of para-hydroxylation sites is 1. The van der Waals surface area contributed by atoms with E-state index >= 15 is 0 Å². The van der Waals surface area contributed by atoms with Crippen LogP contribution >= 0.6 is 0 Å². The molecule has 0 bridgehead atoms. The quantitative estimate of drug-likeness (QED) is 0.813. The molecule has 0 fully saturated rings. The third-order valence-electron chi connectivity index (χ3n) is 4.99. The molecule has 2 aromatic rings. The van der Waals surface area contributed by atoms with E-state index in [1.54, 1.807) is 0 Å². The zero-order chi connectivity index (χ0) is 16.7. The molecule has 0 radical (unpaired) electrons. The highest BCUT2D eigenvalue weighted by Crippen LogP contribution is 2.44. The molecule has 2 atom stereocenters. The Morgan fingerprint density at radius 1 is 1.12 bits per heavy atom. The maximum absolute atomic E-state index is 6.25. The average molecular weight is 320 g/mol. The number of aryl methyl sites for hydroxylation is 1. The molecule has 124 valence electrons. The molecular weight excluding hydrogens is 296 g/mol. The molecule has 3 nitrogen and oxygen atoms in total. The van der Waals surface area contributed by atoms with Crippen LogP contribution < -0.4 is 4.74 Å². The van der Waals surface area contributed by atoms with Gasteiger partial charge in [-0.3, -0.25) is 0 Å². The molecule has 0 saturated carbocycles. The number of ether oxygens (including phenoxy) is 1. The fraction of sp³-hybridized carbons (Fsp3) is 0.381. The first kappa shape index (κ1) is 15.3. The van der Waals surface area contributed by atoms with Crippen molar-refractivity contribution in [1.29, 1.82) is 0 Å². The lowest BCUT2D eigenvalue weighted by atomic mass is 9.95. The number of benzene rings is 2. The largest absolute Gasteiger partial charge is 0.468 e. The van der Waals surface area contributed by atoms with Crippen LogP contribution in [-0.4, -0.2) is 16.9 Å². The highest BCUT2D eigenvalue weighted by Gasteiger charge is 2.41. The topological polar surface area (TPSA) is 24.8 Å². The zero-order valence-corrected chi connectivity index (χ0v) is 14.6. The van der Waals surface area contributed by atoms with Crippen molar-refractivity contribution >= 4 is 5.71 Å². The van der Waals surface area contributed by atoms with E-state index in [1.165, 1.54) is 16.7 Å². The summed E-state index contributed by atoms with van der Waals surface area (Å²) in [6, 6.07) is 17.5. The number of hydrogen-bond donors (Lipinski definition) is 0. The Labute approximate surface area is 144 Å². The minimum absolute atomic E-state index is 0.00249. The lowest BCUT2D eigenvalue weighted by Gasteiger charge is -2.39. The second-order valence-corrected chi connectivity index (χ2v) is 6.99. The summed E-state index contributed by atoms with van der Waals surface area (Å²) in [7, 11) is 0. The van der Waals surface area contributed by atoms with Crippen molar-refractivity contribution in [2.24, 2.45) is 11.0 Å². The molecule has 4 rings (SSSR count). The summed E-state index contributed by atoms with van der Waals surface area (Å²) in [6.07, 6.45) is 2.00. The van der Waals surface area contributed by atoms with Crippen LogP contribution in [0.2, 0.25) is 0 Å². The predicted molar refractivity (Wildman–Crippen MR) is 97.3 cm³/mol. The van der Waals surface area contributed by atoms with E-state index in [1.807, 2.05) is 6.07 Å². The Morgan fingerprint density at radius 3 is 2.58 bits per heavy atom. The van der Waals surface area contributed by atoms with Crippen molar-refractivity contribution in [2.75, 3.05) is 0 Å². The van der Waals surface area contributed by atoms with Crippen molar-refractivity contribution in [1.82, 2.24) is 5.01 Å². The molecule has 0 N–H and O–H groups in total. The molecule has 2 aliphatic rings. The SMILES string of the molecule is CCc1ccc(C2=NN3[C@@H](C(C)C)Oc4ccccc4[C@@H]3C2)cc1. The Morgan fingerprint density at radius 2 is 1.88 bits per heavy atom. The van der Waals surface area contributed by atoms with Crippen LogP contribution in [0.4, 0.5) is 0 Å². The summed E-state index contributed by atoms with van der Waals surface area (Å²) in [5.74, 6) is 1.39. The molecule has 0 unspecified atom stereocenters. The van der Waals surface area contributed by atoms with E-state index in [0.717, 1.165) is 24.3 Å². The molecule has 0 amide bonds. The van der Waals surface area contributed by atoms with Crippen LogP contribution in [0, 0.1) is 5.92 Å². The van der Waals surface area contributed by atoms with Gasteiger partial charge in [-0.1, -0.05) is 63.2 Å². The van der Waals surface area contributed by atoms with Gasteiger partial charge in [-0.25, -0.2) is 5.01 Å². The summed E-state index contributed by atoms with van der Waals surface area (Å²) in [4.78, 5) is 0. The highest BCUT2D eigenvalue weighted by atomic mass is 16.5. The highest BCUT2D eigenvalue weighted by molar-refractivity contribution is 6.02. The number of fused-ring (bicyclic) bond motifs is 3. The monoisotopic (exact) mass is 320 g/mol. The molecule has 2 aromatic carbocycles. The van der Waals surface area contributed by atoms with Gasteiger partial charge in [0.25, 0.3) is 0 Å². The second-order valence-electron chi connectivity index (χ2n) is 6.99. The van der Waals surface area contributed by atoms with Crippen LogP contribution in [0.1, 0.15) is 49.9 Å². The normalized spacial score (nSPS) is 22.0. The molecule has 2 heterocycles. The number of hydrogen-bond acceptors (Lipinski definition) is 3. The smallest absolute Gasteiger partial charge is 0.190 e. The molecular formula is C21H24N2O. The first-order chi connectivity index (χ1) is 11.7. The Balaban J connectivity index is 1.70. The lowest BCUT2D eigenvalue weighted by Crippen LogP contribution is -2.43. The molecule has 3 heteroatoms. The summed E-state index contributed by atoms with van der Waals surface area (Å²) in [5, 5.41) is 7.14. The van der Waals surface area contributed by atoms with Gasteiger partial charge in [0, 0.05) is 17.9 Å².